The van der Waals surface area contributed by atoms with Gasteiger partial charge < -0.3 is 19.6 Å². The minimum absolute atomic E-state index is 0.00566. The molecule has 20 heavy (non-hydrogen) atoms. The van der Waals surface area contributed by atoms with E-state index in [1.165, 1.54) is 0 Å². The zero-order chi connectivity index (χ0) is 14.1. The van der Waals surface area contributed by atoms with Gasteiger partial charge in [-0.3, -0.25) is 0 Å². The number of nitro groups is 1. The number of ether oxygens (including phenoxy) is 2. The van der Waals surface area contributed by atoms with Crippen LogP contribution >= 0.6 is 0 Å². The van der Waals surface area contributed by atoms with Crippen LogP contribution in [0.2, 0.25) is 0 Å². The van der Waals surface area contributed by atoms with E-state index >= 15 is 0 Å². The molecular formula is C13H19N3O4. The molecule has 1 aliphatic heterocycles. The fourth-order valence-corrected chi connectivity index (χ4v) is 2.66. The van der Waals surface area contributed by atoms with Gasteiger partial charge in [-0.05, 0) is 37.5 Å². The number of rotatable bonds is 5. The normalized spacial score (nSPS) is 22.8. The van der Waals surface area contributed by atoms with E-state index in [9.17, 15) is 10.1 Å². The molecule has 2 heterocycles. The van der Waals surface area contributed by atoms with Gasteiger partial charge in [-0.15, -0.1) is 4.68 Å². The quantitative estimate of drug-likeness (QED) is 0.611. The van der Waals surface area contributed by atoms with Crippen molar-refractivity contribution >= 4 is 5.82 Å². The number of aromatic nitrogens is 2. The van der Waals surface area contributed by atoms with Crippen LogP contribution in [0.3, 0.4) is 0 Å². The second kappa shape index (κ2) is 5.40. The lowest BCUT2D eigenvalue weighted by Crippen LogP contribution is -2.20. The summed E-state index contributed by atoms with van der Waals surface area (Å²) in [5.74, 6) is 0.654. The van der Waals surface area contributed by atoms with Gasteiger partial charge in [-0.25, -0.2) is 0 Å². The molecule has 1 unspecified atom stereocenters. The zero-order valence-corrected chi connectivity index (χ0v) is 11.6. The summed E-state index contributed by atoms with van der Waals surface area (Å²) in [7, 11) is 0. The van der Waals surface area contributed by atoms with E-state index in [0.717, 1.165) is 32.3 Å². The molecule has 0 bridgehead atoms. The molecule has 0 radical (unpaired) electrons. The predicted octanol–water partition coefficient (Wildman–Crippen LogP) is 2.24. The highest BCUT2D eigenvalue weighted by atomic mass is 16.6. The molecule has 1 aromatic heterocycles. The maximum absolute atomic E-state index is 11.3. The highest BCUT2D eigenvalue weighted by Crippen LogP contribution is 2.40. The smallest absolute Gasteiger partial charge is 0.388 e. The van der Waals surface area contributed by atoms with Crippen molar-refractivity contribution in [2.24, 2.45) is 5.92 Å². The van der Waals surface area contributed by atoms with Crippen LogP contribution in [0.1, 0.15) is 37.4 Å². The Labute approximate surface area is 117 Å². The Morgan fingerprint density at radius 3 is 2.85 bits per heavy atom. The summed E-state index contributed by atoms with van der Waals surface area (Å²) in [5, 5.41) is 15.7. The van der Waals surface area contributed by atoms with Gasteiger partial charge in [0.2, 0.25) is 5.75 Å². The van der Waals surface area contributed by atoms with Crippen molar-refractivity contribution in [1.82, 2.24) is 9.78 Å². The summed E-state index contributed by atoms with van der Waals surface area (Å²) in [6, 6.07) is 0.154. The van der Waals surface area contributed by atoms with Gasteiger partial charge in [-0.2, -0.15) is 0 Å². The van der Waals surface area contributed by atoms with E-state index in [4.69, 9.17) is 9.47 Å². The maximum atomic E-state index is 11.3. The molecule has 110 valence electrons. The first-order chi connectivity index (χ1) is 9.66. The first-order valence-electron chi connectivity index (χ1n) is 7.11. The summed E-state index contributed by atoms with van der Waals surface area (Å²) in [5.41, 5.74) is 0.600. The minimum atomic E-state index is -0.376. The third-order valence-electron chi connectivity index (χ3n) is 4.09. The summed E-state index contributed by atoms with van der Waals surface area (Å²) in [6.07, 6.45) is 3.97. The fourth-order valence-electron chi connectivity index (χ4n) is 2.66. The molecule has 2 fully saturated rings. The van der Waals surface area contributed by atoms with E-state index in [2.05, 4.69) is 5.10 Å². The number of hydrogen-bond acceptors (Lipinski definition) is 5. The van der Waals surface area contributed by atoms with Gasteiger partial charge in [0.15, 0.2) is 0 Å². The number of hydrogen-bond donors (Lipinski definition) is 0. The highest BCUT2D eigenvalue weighted by Gasteiger charge is 2.35. The van der Waals surface area contributed by atoms with Crippen LogP contribution in [0.5, 0.6) is 5.75 Å². The minimum Gasteiger partial charge on any atom is -0.484 e. The Bertz CT molecular complexity index is 504. The summed E-state index contributed by atoms with van der Waals surface area (Å²) < 4.78 is 12.5. The van der Waals surface area contributed by atoms with E-state index < -0.39 is 0 Å². The Balaban J connectivity index is 1.80. The van der Waals surface area contributed by atoms with Gasteiger partial charge in [0.25, 0.3) is 0 Å². The molecule has 7 heteroatoms. The monoisotopic (exact) mass is 281 g/mol. The summed E-state index contributed by atoms with van der Waals surface area (Å²) in [6.45, 7) is 3.64. The second-order valence-electron chi connectivity index (χ2n) is 5.57. The topological polar surface area (TPSA) is 79.4 Å². The third-order valence-corrected chi connectivity index (χ3v) is 4.09. The number of nitrogens with zero attached hydrogens (tertiary/aromatic N) is 3. The summed E-state index contributed by atoms with van der Waals surface area (Å²) in [4.78, 5) is 11.0. The SMILES string of the molecule is Cc1nn(C2CCC2)c([N+](=O)[O-])c1OCC1CCOC1. The van der Waals surface area contributed by atoms with E-state index in [1.54, 1.807) is 11.6 Å². The largest absolute Gasteiger partial charge is 0.484 e. The van der Waals surface area contributed by atoms with Crippen molar-refractivity contribution in [3.05, 3.63) is 15.8 Å². The van der Waals surface area contributed by atoms with Gasteiger partial charge in [0, 0.05) is 12.5 Å². The molecule has 0 spiro atoms. The molecule has 1 saturated carbocycles. The molecule has 7 nitrogen and oxygen atoms in total. The van der Waals surface area contributed by atoms with E-state index in [0.29, 0.717) is 30.6 Å². The second-order valence-corrected chi connectivity index (χ2v) is 5.57. The molecule has 1 aromatic rings. The van der Waals surface area contributed by atoms with E-state index in [1.807, 2.05) is 0 Å². The van der Waals surface area contributed by atoms with Crippen LogP contribution in [0.25, 0.3) is 0 Å². The maximum Gasteiger partial charge on any atom is 0.388 e. The highest BCUT2D eigenvalue weighted by molar-refractivity contribution is 5.44. The van der Waals surface area contributed by atoms with Gasteiger partial charge in [0.1, 0.15) is 11.7 Å². The molecule has 1 aliphatic carbocycles. The van der Waals surface area contributed by atoms with Crippen LogP contribution in [0, 0.1) is 23.0 Å². The lowest BCUT2D eigenvalue weighted by Gasteiger charge is -2.21. The van der Waals surface area contributed by atoms with Gasteiger partial charge in [-0.1, -0.05) is 5.10 Å². The Hall–Kier alpha value is -1.63. The van der Waals surface area contributed by atoms with E-state index in [-0.39, 0.29) is 16.8 Å². The van der Waals surface area contributed by atoms with Crippen LogP contribution in [-0.4, -0.2) is 34.5 Å². The zero-order valence-electron chi connectivity index (χ0n) is 11.6. The Kier molecular flexibility index (Phi) is 3.60. The first kappa shape index (κ1) is 13.4. The molecule has 2 aliphatic rings. The van der Waals surface area contributed by atoms with Crippen molar-refractivity contribution in [3.63, 3.8) is 0 Å². The van der Waals surface area contributed by atoms with Crippen molar-refractivity contribution in [2.75, 3.05) is 19.8 Å². The standard InChI is InChI=1S/C13H19N3O4/c1-9-12(20-8-10-5-6-19-7-10)13(16(17)18)15(14-9)11-3-2-4-11/h10-11H,2-8H2,1H3. The lowest BCUT2D eigenvalue weighted by atomic mass is 9.93. The molecule has 1 atom stereocenters. The first-order valence-corrected chi connectivity index (χ1v) is 7.11. The molecular weight excluding hydrogens is 262 g/mol. The molecule has 3 rings (SSSR count). The Morgan fingerprint density at radius 2 is 2.30 bits per heavy atom. The number of aryl methyl sites for hydroxylation is 1. The average Bonchev–Trinajstić information content (AvgIpc) is 2.92. The van der Waals surface area contributed by atoms with Crippen molar-refractivity contribution in [2.45, 2.75) is 38.6 Å². The van der Waals surface area contributed by atoms with Crippen molar-refractivity contribution < 1.29 is 14.4 Å². The van der Waals surface area contributed by atoms with Crippen LogP contribution in [0.15, 0.2) is 0 Å². The lowest BCUT2D eigenvalue weighted by molar-refractivity contribution is -0.394. The third kappa shape index (κ3) is 2.37. The molecule has 0 aromatic carbocycles. The van der Waals surface area contributed by atoms with Crippen molar-refractivity contribution in [3.8, 4) is 5.75 Å². The fraction of sp³-hybridized carbons (Fsp3) is 0.769. The van der Waals surface area contributed by atoms with Crippen molar-refractivity contribution in [1.29, 1.82) is 0 Å². The van der Waals surface area contributed by atoms with Crippen LogP contribution in [0.4, 0.5) is 5.82 Å². The molecule has 0 N–H and O–H groups in total. The van der Waals surface area contributed by atoms with Crippen LogP contribution < -0.4 is 4.74 Å². The Morgan fingerprint density at radius 1 is 1.50 bits per heavy atom. The van der Waals surface area contributed by atoms with Crippen LogP contribution in [-0.2, 0) is 4.74 Å². The average molecular weight is 281 g/mol. The predicted molar refractivity (Wildman–Crippen MR) is 70.9 cm³/mol. The molecule has 1 saturated heterocycles. The van der Waals surface area contributed by atoms with Gasteiger partial charge in [0.05, 0.1) is 13.2 Å². The molecule has 0 amide bonds. The van der Waals surface area contributed by atoms with Gasteiger partial charge >= 0.3 is 5.82 Å². The summed E-state index contributed by atoms with van der Waals surface area (Å²) >= 11 is 0.